The van der Waals surface area contributed by atoms with Crippen LogP contribution in [0, 0.1) is 6.92 Å². The van der Waals surface area contributed by atoms with Gasteiger partial charge in [-0.3, -0.25) is 14.6 Å². The van der Waals surface area contributed by atoms with Gasteiger partial charge < -0.3 is 5.11 Å². The molecule has 0 amide bonds. The van der Waals surface area contributed by atoms with E-state index in [1.54, 1.807) is 30.2 Å². The quantitative estimate of drug-likeness (QED) is 0.890. The highest BCUT2D eigenvalue weighted by atomic mass is 16.4. The first-order chi connectivity index (χ1) is 9.13. The van der Waals surface area contributed by atoms with Crippen LogP contribution in [0.5, 0.6) is 0 Å². The first-order valence-electron chi connectivity index (χ1n) is 6.22. The van der Waals surface area contributed by atoms with Crippen molar-refractivity contribution in [2.75, 3.05) is 0 Å². The van der Waals surface area contributed by atoms with Gasteiger partial charge in [0.15, 0.2) is 0 Å². The minimum Gasteiger partial charge on any atom is -0.478 e. The zero-order valence-electron chi connectivity index (χ0n) is 11.0. The number of rotatable bonds is 5. The third-order valence-corrected chi connectivity index (χ3v) is 2.84. The number of aromatic carboxylic acids is 1. The summed E-state index contributed by atoms with van der Waals surface area (Å²) in [5, 5.41) is 13.6. The Balaban J connectivity index is 2.46. The lowest BCUT2D eigenvalue weighted by atomic mass is 10.1. The van der Waals surface area contributed by atoms with E-state index < -0.39 is 5.97 Å². The van der Waals surface area contributed by atoms with Gasteiger partial charge in [0.2, 0.25) is 0 Å². The van der Waals surface area contributed by atoms with E-state index in [4.69, 9.17) is 0 Å². The van der Waals surface area contributed by atoms with E-state index in [-0.39, 0.29) is 5.56 Å². The summed E-state index contributed by atoms with van der Waals surface area (Å²) in [6.45, 7) is 4.57. The van der Waals surface area contributed by atoms with E-state index in [0.29, 0.717) is 23.6 Å². The summed E-state index contributed by atoms with van der Waals surface area (Å²) in [5.41, 5.74) is 1.75. The summed E-state index contributed by atoms with van der Waals surface area (Å²) in [4.78, 5) is 19.6. The maximum atomic E-state index is 11.3. The molecule has 0 spiro atoms. The first kappa shape index (κ1) is 13.2. The lowest BCUT2D eigenvalue weighted by molar-refractivity contribution is 0.0697. The monoisotopic (exact) mass is 260 g/mol. The molecule has 19 heavy (non-hydrogen) atoms. The molecule has 0 aliphatic heterocycles. The third kappa shape index (κ3) is 2.78. The first-order valence-corrected chi connectivity index (χ1v) is 6.22. The smallest absolute Gasteiger partial charge is 0.339 e. The molecule has 100 valence electrons. The highest BCUT2D eigenvalue weighted by Gasteiger charge is 2.19. The van der Waals surface area contributed by atoms with Crippen LogP contribution in [0.25, 0.3) is 11.4 Å². The summed E-state index contributed by atoms with van der Waals surface area (Å²) < 4.78 is 1.66. The van der Waals surface area contributed by atoms with Gasteiger partial charge in [-0.1, -0.05) is 13.3 Å². The predicted molar refractivity (Wildman–Crippen MR) is 69.9 cm³/mol. The summed E-state index contributed by atoms with van der Waals surface area (Å²) >= 11 is 0. The molecule has 0 fully saturated rings. The second-order valence-electron chi connectivity index (χ2n) is 4.30. The SMILES string of the molecule is CCCCn1cc(C(=O)O)c(-c2nccnc2C)n1. The van der Waals surface area contributed by atoms with Gasteiger partial charge in [-0.15, -0.1) is 0 Å². The fraction of sp³-hybridized carbons (Fsp3) is 0.385. The Morgan fingerprint density at radius 3 is 2.68 bits per heavy atom. The molecule has 0 aliphatic carbocycles. The van der Waals surface area contributed by atoms with Crippen molar-refractivity contribution < 1.29 is 9.90 Å². The Labute approximate surface area is 111 Å². The number of hydrogen-bond acceptors (Lipinski definition) is 4. The molecule has 2 heterocycles. The van der Waals surface area contributed by atoms with Crippen LogP contribution in [0.1, 0.15) is 35.8 Å². The summed E-state index contributed by atoms with van der Waals surface area (Å²) in [6.07, 6.45) is 6.66. The van der Waals surface area contributed by atoms with Crippen molar-refractivity contribution in [2.24, 2.45) is 0 Å². The topological polar surface area (TPSA) is 80.9 Å². The van der Waals surface area contributed by atoms with Gasteiger partial charge in [0.25, 0.3) is 0 Å². The Morgan fingerprint density at radius 2 is 2.05 bits per heavy atom. The van der Waals surface area contributed by atoms with E-state index in [0.717, 1.165) is 12.8 Å². The molecule has 0 saturated carbocycles. The van der Waals surface area contributed by atoms with Crippen molar-refractivity contribution >= 4 is 5.97 Å². The van der Waals surface area contributed by atoms with Crippen molar-refractivity contribution in [3.63, 3.8) is 0 Å². The molecule has 1 N–H and O–H groups in total. The van der Waals surface area contributed by atoms with Crippen LogP contribution >= 0.6 is 0 Å². The minimum atomic E-state index is -0.997. The number of carboxylic acids is 1. The molecule has 2 aromatic rings. The average Bonchev–Trinajstić information content (AvgIpc) is 2.81. The van der Waals surface area contributed by atoms with Crippen LogP contribution in [-0.4, -0.2) is 30.8 Å². The molecule has 0 atom stereocenters. The van der Waals surface area contributed by atoms with E-state index in [2.05, 4.69) is 22.0 Å². The van der Waals surface area contributed by atoms with Crippen LogP contribution in [0.4, 0.5) is 0 Å². The minimum absolute atomic E-state index is 0.166. The normalized spacial score (nSPS) is 10.6. The highest BCUT2D eigenvalue weighted by molar-refractivity contribution is 5.94. The number of nitrogens with zero attached hydrogens (tertiary/aromatic N) is 4. The maximum absolute atomic E-state index is 11.3. The van der Waals surface area contributed by atoms with Gasteiger partial charge in [-0.2, -0.15) is 5.10 Å². The highest BCUT2D eigenvalue weighted by Crippen LogP contribution is 2.22. The average molecular weight is 260 g/mol. The Bertz CT molecular complexity index is 592. The lowest BCUT2D eigenvalue weighted by Crippen LogP contribution is -2.00. The number of unbranched alkanes of at least 4 members (excludes halogenated alkanes) is 1. The Morgan fingerprint density at radius 1 is 1.32 bits per heavy atom. The molecule has 6 heteroatoms. The molecule has 2 aromatic heterocycles. The molecule has 0 saturated heterocycles. The summed E-state index contributed by atoms with van der Waals surface area (Å²) in [7, 11) is 0. The van der Waals surface area contributed by atoms with E-state index in [1.165, 1.54) is 0 Å². The number of aromatic nitrogens is 4. The van der Waals surface area contributed by atoms with Crippen LogP contribution in [0.3, 0.4) is 0 Å². The summed E-state index contributed by atoms with van der Waals surface area (Å²) in [5.74, 6) is -0.997. The van der Waals surface area contributed by atoms with Crippen molar-refractivity contribution in [1.82, 2.24) is 19.7 Å². The van der Waals surface area contributed by atoms with Gasteiger partial charge >= 0.3 is 5.97 Å². The Kier molecular flexibility index (Phi) is 3.89. The van der Waals surface area contributed by atoms with E-state index in [1.807, 2.05) is 0 Å². The van der Waals surface area contributed by atoms with Gasteiger partial charge in [-0.25, -0.2) is 4.79 Å². The van der Waals surface area contributed by atoms with Crippen molar-refractivity contribution in [3.05, 3.63) is 29.8 Å². The molecular weight excluding hydrogens is 244 g/mol. The second-order valence-corrected chi connectivity index (χ2v) is 4.30. The largest absolute Gasteiger partial charge is 0.478 e. The standard InChI is InChI=1S/C13H16N4O2/c1-3-4-7-17-8-10(13(18)19)12(16-17)11-9(2)14-5-6-15-11/h5-6,8H,3-4,7H2,1-2H3,(H,18,19). The molecule has 0 unspecified atom stereocenters. The summed E-state index contributed by atoms with van der Waals surface area (Å²) in [6, 6.07) is 0. The van der Waals surface area contributed by atoms with Crippen LogP contribution in [0.15, 0.2) is 18.6 Å². The molecule has 0 aromatic carbocycles. The van der Waals surface area contributed by atoms with Crippen LogP contribution < -0.4 is 0 Å². The van der Waals surface area contributed by atoms with Crippen LogP contribution in [0.2, 0.25) is 0 Å². The lowest BCUT2D eigenvalue weighted by Gasteiger charge is -2.01. The molecule has 0 aliphatic rings. The van der Waals surface area contributed by atoms with Crippen molar-refractivity contribution in [2.45, 2.75) is 33.2 Å². The van der Waals surface area contributed by atoms with E-state index >= 15 is 0 Å². The number of carbonyl (C=O) groups is 1. The van der Waals surface area contributed by atoms with Gasteiger partial charge in [0.1, 0.15) is 17.0 Å². The molecular formula is C13H16N4O2. The second kappa shape index (κ2) is 5.60. The van der Waals surface area contributed by atoms with Crippen molar-refractivity contribution in [1.29, 1.82) is 0 Å². The molecule has 2 rings (SSSR count). The van der Waals surface area contributed by atoms with Gasteiger partial charge in [0, 0.05) is 25.1 Å². The number of aryl methyl sites for hydroxylation is 2. The predicted octanol–water partition coefficient (Wildman–Crippen LogP) is 2.15. The zero-order valence-corrected chi connectivity index (χ0v) is 11.0. The third-order valence-electron chi connectivity index (χ3n) is 2.84. The van der Waals surface area contributed by atoms with Crippen molar-refractivity contribution in [3.8, 4) is 11.4 Å². The fourth-order valence-electron chi connectivity index (χ4n) is 1.83. The number of hydrogen-bond donors (Lipinski definition) is 1. The van der Waals surface area contributed by atoms with Gasteiger partial charge in [-0.05, 0) is 13.3 Å². The molecule has 0 radical (unpaired) electrons. The zero-order chi connectivity index (χ0) is 13.8. The molecule has 6 nitrogen and oxygen atoms in total. The maximum Gasteiger partial charge on any atom is 0.339 e. The van der Waals surface area contributed by atoms with Gasteiger partial charge in [0.05, 0.1) is 5.69 Å². The Hall–Kier alpha value is -2.24. The fourth-order valence-corrected chi connectivity index (χ4v) is 1.83. The van der Waals surface area contributed by atoms with Crippen LogP contribution in [-0.2, 0) is 6.54 Å². The number of carboxylic acid groups (broad SMARTS) is 1. The molecule has 0 bridgehead atoms. The van der Waals surface area contributed by atoms with E-state index in [9.17, 15) is 9.90 Å².